The Labute approximate surface area is 211 Å². The zero-order valence-corrected chi connectivity index (χ0v) is 21.4. The lowest BCUT2D eigenvalue weighted by Crippen LogP contribution is -2.32. The van der Waals surface area contributed by atoms with E-state index >= 15 is 0 Å². The highest BCUT2D eigenvalue weighted by molar-refractivity contribution is 7.91. The molecule has 0 spiro atoms. The van der Waals surface area contributed by atoms with Gasteiger partial charge in [-0.15, -0.1) is 0 Å². The van der Waals surface area contributed by atoms with Crippen molar-refractivity contribution in [2.24, 2.45) is 5.92 Å². The molecule has 0 bridgehead atoms. The van der Waals surface area contributed by atoms with E-state index in [4.69, 9.17) is 4.74 Å². The van der Waals surface area contributed by atoms with Crippen molar-refractivity contribution in [2.45, 2.75) is 32.2 Å². The van der Waals surface area contributed by atoms with Crippen molar-refractivity contribution in [2.75, 3.05) is 18.9 Å². The zero-order valence-electron chi connectivity index (χ0n) is 20.6. The van der Waals surface area contributed by atoms with Crippen molar-refractivity contribution in [3.05, 3.63) is 77.6 Å². The van der Waals surface area contributed by atoms with Gasteiger partial charge in [0.05, 0.1) is 28.2 Å². The van der Waals surface area contributed by atoms with Gasteiger partial charge in [-0.25, -0.2) is 13.4 Å². The third-order valence-electron chi connectivity index (χ3n) is 6.27. The summed E-state index contributed by atoms with van der Waals surface area (Å²) in [5.74, 6) is 1.60. The van der Waals surface area contributed by atoms with Crippen LogP contribution in [0, 0.1) is 12.8 Å². The van der Waals surface area contributed by atoms with Gasteiger partial charge in [-0.05, 0) is 72.5 Å². The number of aromatic nitrogens is 2. The number of imidazole rings is 1. The number of sulfone groups is 1. The maximum absolute atomic E-state index is 13.3. The van der Waals surface area contributed by atoms with E-state index in [9.17, 15) is 13.2 Å². The van der Waals surface area contributed by atoms with E-state index < -0.39 is 9.84 Å². The number of rotatable bonds is 5. The number of carbonyl (C=O) groups is 1. The van der Waals surface area contributed by atoms with Crippen LogP contribution in [0.1, 0.15) is 35.6 Å². The van der Waals surface area contributed by atoms with Crippen molar-refractivity contribution in [3.8, 4) is 16.9 Å². The maximum atomic E-state index is 13.3. The molecule has 1 N–H and O–H groups in total. The fourth-order valence-electron chi connectivity index (χ4n) is 4.59. The standard InChI is InChI=1S/C28H29N3O4S/c1-18(2)17-36(33,34)24-8-4-20(5-9-24)28(32)31-12-13-35-27-11-7-21(14-23(27)16-31)22-6-10-25-26(15-22)30-19(3)29-25/h4-11,14-15,18H,12-13,16-17H2,1-3H3,(H,29,30). The molecule has 0 unspecified atom stereocenters. The monoisotopic (exact) mass is 503 g/mol. The minimum Gasteiger partial charge on any atom is -0.491 e. The number of hydrogen-bond donors (Lipinski definition) is 1. The fourth-order valence-corrected chi connectivity index (χ4v) is 6.21. The summed E-state index contributed by atoms with van der Waals surface area (Å²) in [6.07, 6.45) is 0. The third kappa shape index (κ3) is 4.86. The summed E-state index contributed by atoms with van der Waals surface area (Å²) in [7, 11) is -3.37. The molecule has 36 heavy (non-hydrogen) atoms. The maximum Gasteiger partial charge on any atom is 0.254 e. The highest BCUT2D eigenvalue weighted by atomic mass is 32.2. The fraction of sp³-hybridized carbons (Fsp3) is 0.286. The van der Waals surface area contributed by atoms with Crippen molar-refractivity contribution in [1.29, 1.82) is 0 Å². The largest absolute Gasteiger partial charge is 0.491 e. The predicted octanol–water partition coefficient (Wildman–Crippen LogP) is 5.00. The number of benzene rings is 3. The molecule has 0 atom stereocenters. The van der Waals surface area contributed by atoms with E-state index in [2.05, 4.69) is 22.1 Å². The number of fused-ring (bicyclic) bond motifs is 2. The van der Waals surface area contributed by atoms with E-state index in [-0.39, 0.29) is 22.5 Å². The van der Waals surface area contributed by atoms with Crippen molar-refractivity contribution in [1.82, 2.24) is 14.9 Å². The topological polar surface area (TPSA) is 92.4 Å². The molecular weight excluding hydrogens is 474 g/mol. The molecule has 2 heterocycles. The molecule has 1 aliphatic rings. The Hall–Kier alpha value is -3.65. The molecule has 4 aromatic rings. The van der Waals surface area contributed by atoms with Gasteiger partial charge in [0.1, 0.15) is 18.2 Å². The molecule has 3 aromatic carbocycles. The molecule has 1 amide bonds. The number of nitrogens with zero attached hydrogens (tertiary/aromatic N) is 2. The summed E-state index contributed by atoms with van der Waals surface area (Å²) < 4.78 is 31.0. The molecule has 5 rings (SSSR count). The second kappa shape index (κ2) is 9.43. The van der Waals surface area contributed by atoms with Gasteiger partial charge in [-0.2, -0.15) is 0 Å². The molecule has 1 aromatic heterocycles. The number of ether oxygens (including phenoxy) is 1. The summed E-state index contributed by atoms with van der Waals surface area (Å²) >= 11 is 0. The summed E-state index contributed by atoms with van der Waals surface area (Å²) in [5, 5.41) is 0. The number of nitrogens with one attached hydrogen (secondary N) is 1. The average molecular weight is 504 g/mol. The van der Waals surface area contributed by atoms with Crippen LogP contribution in [0.15, 0.2) is 65.6 Å². The Morgan fingerprint density at radius 3 is 2.53 bits per heavy atom. The Bertz CT molecular complexity index is 1540. The van der Waals surface area contributed by atoms with Crippen LogP contribution in [-0.2, 0) is 16.4 Å². The summed E-state index contributed by atoms with van der Waals surface area (Å²) in [6, 6.07) is 18.4. The first-order valence-electron chi connectivity index (χ1n) is 12.0. The van der Waals surface area contributed by atoms with E-state index in [0.29, 0.717) is 25.3 Å². The van der Waals surface area contributed by atoms with Crippen LogP contribution in [0.4, 0.5) is 0 Å². The molecular formula is C28H29N3O4S. The normalized spacial score (nSPS) is 13.9. The number of H-pyrrole nitrogens is 1. The Morgan fingerprint density at radius 2 is 1.78 bits per heavy atom. The molecule has 1 aliphatic heterocycles. The van der Waals surface area contributed by atoms with Crippen molar-refractivity contribution < 1.29 is 17.9 Å². The van der Waals surface area contributed by atoms with Crippen molar-refractivity contribution in [3.63, 3.8) is 0 Å². The molecule has 8 heteroatoms. The van der Waals surface area contributed by atoms with Crippen LogP contribution in [0.5, 0.6) is 5.75 Å². The van der Waals surface area contributed by atoms with Crippen LogP contribution >= 0.6 is 0 Å². The van der Waals surface area contributed by atoms with Gasteiger partial charge in [0.2, 0.25) is 0 Å². The van der Waals surface area contributed by atoms with Gasteiger partial charge < -0.3 is 14.6 Å². The lowest BCUT2D eigenvalue weighted by Gasteiger charge is -2.20. The number of amides is 1. The van der Waals surface area contributed by atoms with Gasteiger partial charge >= 0.3 is 0 Å². The molecule has 0 saturated carbocycles. The summed E-state index contributed by atoms with van der Waals surface area (Å²) in [5.41, 5.74) is 5.37. The molecule has 0 fully saturated rings. The zero-order chi connectivity index (χ0) is 25.4. The first kappa shape index (κ1) is 24.1. The predicted molar refractivity (Wildman–Crippen MR) is 140 cm³/mol. The highest BCUT2D eigenvalue weighted by Gasteiger charge is 2.23. The van der Waals surface area contributed by atoms with Gasteiger partial charge in [0.15, 0.2) is 9.84 Å². The summed E-state index contributed by atoms with van der Waals surface area (Å²) in [6.45, 7) is 6.91. The molecule has 0 radical (unpaired) electrons. The minimum absolute atomic E-state index is 0.0314. The van der Waals surface area contributed by atoms with Crippen molar-refractivity contribution >= 4 is 26.8 Å². The first-order valence-corrected chi connectivity index (χ1v) is 13.7. The van der Waals surface area contributed by atoms with Gasteiger partial charge in [-0.3, -0.25) is 4.79 Å². The third-order valence-corrected chi connectivity index (χ3v) is 8.37. The molecule has 0 aliphatic carbocycles. The van der Waals surface area contributed by atoms with E-state index in [0.717, 1.165) is 39.3 Å². The average Bonchev–Trinajstić information content (AvgIpc) is 3.08. The van der Waals surface area contributed by atoms with Gasteiger partial charge in [0, 0.05) is 17.7 Å². The van der Waals surface area contributed by atoms with Crippen LogP contribution in [0.2, 0.25) is 0 Å². The van der Waals surface area contributed by atoms with E-state index in [1.807, 2.05) is 45.0 Å². The van der Waals surface area contributed by atoms with Crippen LogP contribution in [-0.4, -0.2) is 48.1 Å². The van der Waals surface area contributed by atoms with E-state index in [1.165, 1.54) is 12.1 Å². The number of carbonyl (C=O) groups excluding carboxylic acids is 1. The summed E-state index contributed by atoms with van der Waals surface area (Å²) in [4.78, 5) is 23.0. The first-order chi connectivity index (χ1) is 17.2. The minimum atomic E-state index is -3.37. The van der Waals surface area contributed by atoms with Crippen LogP contribution in [0.3, 0.4) is 0 Å². The Morgan fingerprint density at radius 1 is 1.06 bits per heavy atom. The molecule has 186 valence electrons. The molecule has 7 nitrogen and oxygen atoms in total. The van der Waals surface area contributed by atoms with Crippen LogP contribution < -0.4 is 4.74 Å². The Balaban J connectivity index is 1.38. The van der Waals surface area contributed by atoms with E-state index in [1.54, 1.807) is 17.0 Å². The Kier molecular flexibility index (Phi) is 6.30. The smallest absolute Gasteiger partial charge is 0.254 e. The lowest BCUT2D eigenvalue weighted by molar-refractivity contribution is 0.0733. The number of hydrogen-bond acceptors (Lipinski definition) is 5. The molecule has 0 saturated heterocycles. The second-order valence-electron chi connectivity index (χ2n) is 9.65. The SMILES string of the molecule is Cc1nc2ccc(-c3ccc4c(c3)CN(C(=O)c3ccc(S(=O)(=O)CC(C)C)cc3)CCO4)cc2[nH]1. The highest BCUT2D eigenvalue weighted by Crippen LogP contribution is 2.31. The number of aromatic amines is 1. The van der Waals surface area contributed by atoms with Gasteiger partial charge in [0.25, 0.3) is 5.91 Å². The quantitative estimate of drug-likeness (QED) is 0.414. The second-order valence-corrected chi connectivity index (χ2v) is 11.7. The lowest BCUT2D eigenvalue weighted by atomic mass is 10.0. The number of aryl methyl sites for hydroxylation is 1. The van der Waals surface area contributed by atoms with Crippen LogP contribution in [0.25, 0.3) is 22.2 Å². The van der Waals surface area contributed by atoms with Gasteiger partial charge in [-0.1, -0.05) is 26.0 Å².